The monoisotopic (exact) mass is 383 g/mol. The molecule has 1 heterocycles. The van der Waals surface area contributed by atoms with E-state index in [4.69, 9.17) is 19.9 Å². The van der Waals surface area contributed by atoms with E-state index in [9.17, 15) is 0 Å². The summed E-state index contributed by atoms with van der Waals surface area (Å²) >= 11 is 0. The zero-order chi connectivity index (χ0) is 19.8. The predicted octanol–water partition coefficient (Wildman–Crippen LogP) is 2.84. The minimum atomic E-state index is 0.228. The number of rotatable bonds is 9. The third-order valence-corrected chi connectivity index (χ3v) is 4.82. The Bertz CT molecular complexity index is 756. The van der Waals surface area contributed by atoms with Gasteiger partial charge in [0.15, 0.2) is 5.88 Å². The van der Waals surface area contributed by atoms with Crippen LogP contribution < -0.4 is 20.1 Å². The Morgan fingerprint density at radius 2 is 1.75 bits per heavy atom. The number of para-hydroxylation sites is 2. The number of nitrogens with two attached hydrogens (primary N) is 1. The summed E-state index contributed by atoms with van der Waals surface area (Å²) in [5.74, 6) is 2.03. The highest BCUT2D eigenvalue weighted by Gasteiger charge is 2.19. The maximum atomic E-state index is 5.88. The van der Waals surface area contributed by atoms with Gasteiger partial charge in [-0.15, -0.1) is 0 Å². The van der Waals surface area contributed by atoms with Crippen molar-refractivity contribution < 1.29 is 14.2 Å². The molecule has 0 unspecified atom stereocenters. The van der Waals surface area contributed by atoms with Crippen LogP contribution in [0.15, 0.2) is 61.0 Å². The Labute approximate surface area is 167 Å². The number of benzene rings is 2. The lowest BCUT2D eigenvalue weighted by Gasteiger charge is -2.36. The van der Waals surface area contributed by atoms with E-state index in [1.807, 2.05) is 36.4 Å². The van der Waals surface area contributed by atoms with E-state index in [2.05, 4.69) is 28.5 Å². The van der Waals surface area contributed by atoms with Gasteiger partial charge in [0.1, 0.15) is 24.7 Å². The molecule has 0 amide bonds. The quantitative estimate of drug-likeness (QED) is 0.672. The van der Waals surface area contributed by atoms with Crippen LogP contribution in [0.3, 0.4) is 0 Å². The standard InChI is InChI=1S/C22H29N3O3/c1-18(23)28-17-19-7-9-20(10-8-19)27-16-15-24-11-13-25(14-12-24)21-5-3-4-6-22(21)26-2/h3-10H,1,11-17,23H2,2H3. The van der Waals surface area contributed by atoms with Gasteiger partial charge in [0.25, 0.3) is 0 Å². The molecule has 1 fully saturated rings. The summed E-state index contributed by atoms with van der Waals surface area (Å²) in [4.78, 5) is 4.81. The second-order valence-corrected chi connectivity index (χ2v) is 6.75. The maximum absolute atomic E-state index is 5.88. The van der Waals surface area contributed by atoms with Gasteiger partial charge in [-0.05, 0) is 36.4 Å². The molecular formula is C22H29N3O3. The Kier molecular flexibility index (Phi) is 7.03. The summed E-state index contributed by atoms with van der Waals surface area (Å²) in [6.45, 7) is 9.53. The molecule has 0 atom stereocenters. The SMILES string of the molecule is C=C(N)OCc1ccc(OCCN2CCN(c3ccccc3OC)CC2)cc1. The number of methoxy groups -OCH3 is 1. The van der Waals surface area contributed by atoms with Gasteiger partial charge in [-0.3, -0.25) is 4.90 Å². The van der Waals surface area contributed by atoms with E-state index in [-0.39, 0.29) is 5.88 Å². The van der Waals surface area contributed by atoms with Crippen molar-refractivity contribution in [2.24, 2.45) is 5.73 Å². The minimum absolute atomic E-state index is 0.228. The van der Waals surface area contributed by atoms with Crippen molar-refractivity contribution in [2.75, 3.05) is 51.3 Å². The van der Waals surface area contributed by atoms with Crippen molar-refractivity contribution in [3.05, 3.63) is 66.6 Å². The molecule has 150 valence electrons. The molecule has 1 aliphatic heterocycles. The second kappa shape index (κ2) is 9.90. The normalized spacial score (nSPS) is 14.5. The molecule has 1 aliphatic rings. The van der Waals surface area contributed by atoms with E-state index in [0.717, 1.165) is 49.8 Å². The van der Waals surface area contributed by atoms with Crippen LogP contribution in [-0.4, -0.2) is 51.3 Å². The van der Waals surface area contributed by atoms with Crippen LogP contribution in [0.25, 0.3) is 0 Å². The molecule has 0 aromatic heterocycles. The molecule has 2 aromatic rings. The van der Waals surface area contributed by atoms with Crippen LogP contribution in [0.5, 0.6) is 11.5 Å². The summed E-state index contributed by atoms with van der Waals surface area (Å²) in [5, 5.41) is 0. The van der Waals surface area contributed by atoms with Crippen LogP contribution in [0.2, 0.25) is 0 Å². The van der Waals surface area contributed by atoms with Gasteiger partial charge in [0, 0.05) is 32.7 Å². The number of hydrogen-bond acceptors (Lipinski definition) is 6. The highest BCUT2D eigenvalue weighted by molar-refractivity contribution is 5.58. The Morgan fingerprint density at radius 3 is 2.43 bits per heavy atom. The van der Waals surface area contributed by atoms with E-state index in [1.54, 1.807) is 7.11 Å². The minimum Gasteiger partial charge on any atom is -0.495 e. The summed E-state index contributed by atoms with van der Waals surface area (Å²) in [6.07, 6.45) is 0. The second-order valence-electron chi connectivity index (χ2n) is 6.75. The molecule has 6 nitrogen and oxygen atoms in total. The number of anilines is 1. The fourth-order valence-corrected chi connectivity index (χ4v) is 3.25. The van der Waals surface area contributed by atoms with Gasteiger partial charge in [-0.2, -0.15) is 0 Å². The van der Waals surface area contributed by atoms with Gasteiger partial charge in [0.2, 0.25) is 0 Å². The lowest BCUT2D eigenvalue weighted by atomic mass is 10.2. The summed E-state index contributed by atoms with van der Waals surface area (Å²) in [5.41, 5.74) is 7.61. The first kappa shape index (κ1) is 19.9. The average molecular weight is 383 g/mol. The number of nitrogens with zero attached hydrogens (tertiary/aromatic N) is 2. The van der Waals surface area contributed by atoms with E-state index in [0.29, 0.717) is 13.2 Å². The van der Waals surface area contributed by atoms with Crippen LogP contribution in [0.4, 0.5) is 5.69 Å². The van der Waals surface area contributed by atoms with Crippen molar-refractivity contribution >= 4 is 5.69 Å². The van der Waals surface area contributed by atoms with Crippen LogP contribution in [0.1, 0.15) is 5.56 Å². The Hall–Kier alpha value is -2.86. The molecule has 0 bridgehead atoms. The topological polar surface area (TPSA) is 60.2 Å². The van der Waals surface area contributed by atoms with E-state index >= 15 is 0 Å². The van der Waals surface area contributed by atoms with Crippen LogP contribution in [0, 0.1) is 0 Å². The molecule has 0 saturated carbocycles. The molecule has 28 heavy (non-hydrogen) atoms. The van der Waals surface area contributed by atoms with Gasteiger partial charge in [-0.25, -0.2) is 0 Å². The van der Waals surface area contributed by atoms with E-state index in [1.165, 1.54) is 5.69 Å². The molecule has 2 N–H and O–H groups in total. The zero-order valence-electron chi connectivity index (χ0n) is 16.5. The molecule has 2 aromatic carbocycles. The predicted molar refractivity (Wildman–Crippen MR) is 112 cm³/mol. The molecular weight excluding hydrogens is 354 g/mol. The van der Waals surface area contributed by atoms with Crippen molar-refractivity contribution in [1.82, 2.24) is 4.90 Å². The van der Waals surface area contributed by atoms with Crippen LogP contribution in [-0.2, 0) is 11.3 Å². The molecule has 0 spiro atoms. The zero-order valence-corrected chi connectivity index (χ0v) is 16.5. The van der Waals surface area contributed by atoms with Crippen LogP contribution >= 0.6 is 0 Å². The molecule has 6 heteroatoms. The average Bonchev–Trinajstić information content (AvgIpc) is 2.73. The highest BCUT2D eigenvalue weighted by Crippen LogP contribution is 2.28. The summed E-state index contributed by atoms with van der Waals surface area (Å²) in [7, 11) is 1.72. The first-order valence-electron chi connectivity index (χ1n) is 9.55. The maximum Gasteiger partial charge on any atom is 0.176 e. The van der Waals surface area contributed by atoms with E-state index < -0.39 is 0 Å². The van der Waals surface area contributed by atoms with Crippen molar-refractivity contribution in [1.29, 1.82) is 0 Å². The van der Waals surface area contributed by atoms with Gasteiger partial charge in [-0.1, -0.05) is 24.3 Å². The molecule has 1 saturated heterocycles. The third kappa shape index (κ3) is 5.57. The van der Waals surface area contributed by atoms with Crippen molar-refractivity contribution in [2.45, 2.75) is 6.61 Å². The largest absolute Gasteiger partial charge is 0.495 e. The molecule has 0 aliphatic carbocycles. The number of ether oxygens (including phenoxy) is 3. The lowest BCUT2D eigenvalue weighted by molar-refractivity contribution is 0.196. The van der Waals surface area contributed by atoms with Gasteiger partial charge < -0.3 is 24.8 Å². The first-order chi connectivity index (χ1) is 13.7. The Balaban J connectivity index is 1.39. The first-order valence-corrected chi connectivity index (χ1v) is 9.55. The number of piperazine rings is 1. The van der Waals surface area contributed by atoms with Crippen molar-refractivity contribution in [3.63, 3.8) is 0 Å². The summed E-state index contributed by atoms with van der Waals surface area (Å²) in [6, 6.07) is 16.1. The fraction of sp³-hybridized carbons (Fsp3) is 0.364. The molecule has 3 rings (SSSR count). The Morgan fingerprint density at radius 1 is 1.04 bits per heavy atom. The third-order valence-electron chi connectivity index (χ3n) is 4.82. The molecule has 0 radical (unpaired) electrons. The lowest BCUT2D eigenvalue weighted by Crippen LogP contribution is -2.47. The summed E-state index contributed by atoms with van der Waals surface area (Å²) < 4.78 is 16.6. The fourth-order valence-electron chi connectivity index (χ4n) is 3.25. The van der Waals surface area contributed by atoms with Gasteiger partial charge >= 0.3 is 0 Å². The highest BCUT2D eigenvalue weighted by atomic mass is 16.5. The van der Waals surface area contributed by atoms with Crippen molar-refractivity contribution in [3.8, 4) is 11.5 Å². The number of hydrogen-bond donors (Lipinski definition) is 1. The van der Waals surface area contributed by atoms with Gasteiger partial charge in [0.05, 0.1) is 12.8 Å². The smallest absolute Gasteiger partial charge is 0.176 e.